The molecular weight excluding hydrogens is 442 g/mol. The Hall–Kier alpha value is -3.14. The molecule has 0 bridgehead atoms. The summed E-state index contributed by atoms with van der Waals surface area (Å²) in [6, 6.07) is 7.24. The van der Waals surface area contributed by atoms with Crippen LogP contribution in [-0.4, -0.2) is 54.2 Å². The fraction of sp³-hybridized carbons (Fsp3) is 0.435. The van der Waals surface area contributed by atoms with Crippen LogP contribution in [0, 0.1) is 12.8 Å². The van der Waals surface area contributed by atoms with Crippen LogP contribution >= 0.6 is 0 Å². The topological polar surface area (TPSA) is 106 Å². The largest absolute Gasteiger partial charge is 0.463 e. The molecule has 0 aromatic carbocycles. The fourth-order valence-corrected chi connectivity index (χ4v) is 4.68. The second kappa shape index (κ2) is 9.01. The lowest BCUT2D eigenvalue weighted by Gasteiger charge is -2.32. The standard InChI is InChI=1S/C23H29N5O4S/c1-15(2)32-23(29)17-9-12-27(13-10-17)21-8-6-19-22(24-11-14-28(19)21)26-18-5-7-20(25-16(18)3)33(4,30)31/h5-8,11,14-15,17H,9-10,12-13H2,1-4H3,(H,24,26). The summed E-state index contributed by atoms with van der Waals surface area (Å²) in [6.07, 6.45) is 6.19. The maximum atomic E-state index is 12.2. The number of hydrogen-bond acceptors (Lipinski definition) is 8. The maximum Gasteiger partial charge on any atom is 0.309 e. The van der Waals surface area contributed by atoms with E-state index in [2.05, 4.69) is 24.6 Å². The van der Waals surface area contributed by atoms with Crippen LogP contribution in [0.25, 0.3) is 5.52 Å². The van der Waals surface area contributed by atoms with E-state index >= 15 is 0 Å². The first-order valence-corrected chi connectivity index (χ1v) is 12.9. The smallest absolute Gasteiger partial charge is 0.309 e. The van der Waals surface area contributed by atoms with E-state index in [1.54, 1.807) is 19.2 Å². The van der Waals surface area contributed by atoms with E-state index in [1.165, 1.54) is 6.07 Å². The minimum atomic E-state index is -3.37. The number of nitrogens with one attached hydrogen (secondary N) is 1. The highest BCUT2D eigenvalue weighted by atomic mass is 32.2. The van der Waals surface area contributed by atoms with Crippen LogP contribution in [-0.2, 0) is 19.4 Å². The first-order valence-electron chi connectivity index (χ1n) is 11.0. The summed E-state index contributed by atoms with van der Waals surface area (Å²) in [6.45, 7) is 7.04. The van der Waals surface area contributed by atoms with Gasteiger partial charge in [0, 0.05) is 31.7 Å². The van der Waals surface area contributed by atoms with E-state index in [1.807, 2.05) is 32.2 Å². The minimum absolute atomic E-state index is 0.0439. The molecule has 1 fully saturated rings. The van der Waals surface area contributed by atoms with Crippen molar-refractivity contribution in [3.63, 3.8) is 0 Å². The quantitative estimate of drug-likeness (QED) is 0.546. The van der Waals surface area contributed by atoms with Crippen LogP contribution in [0.2, 0.25) is 0 Å². The molecule has 0 radical (unpaired) electrons. The zero-order valence-electron chi connectivity index (χ0n) is 19.3. The van der Waals surface area contributed by atoms with E-state index in [4.69, 9.17) is 4.74 Å². The fourth-order valence-electron chi connectivity index (χ4n) is 4.06. The van der Waals surface area contributed by atoms with Gasteiger partial charge in [0.2, 0.25) is 0 Å². The molecule has 0 aliphatic carbocycles. The van der Waals surface area contributed by atoms with Crippen LogP contribution in [0.1, 0.15) is 32.4 Å². The second-order valence-electron chi connectivity index (χ2n) is 8.65. The molecule has 33 heavy (non-hydrogen) atoms. The summed E-state index contributed by atoms with van der Waals surface area (Å²) in [5.74, 6) is 1.52. The number of nitrogens with zero attached hydrogens (tertiary/aromatic N) is 4. The molecule has 0 saturated carbocycles. The highest BCUT2D eigenvalue weighted by molar-refractivity contribution is 7.90. The van der Waals surface area contributed by atoms with Gasteiger partial charge in [-0.25, -0.2) is 18.4 Å². The number of ether oxygens (including phenoxy) is 1. The van der Waals surface area contributed by atoms with Gasteiger partial charge in [0.25, 0.3) is 0 Å². The predicted molar refractivity (Wildman–Crippen MR) is 127 cm³/mol. The molecule has 0 atom stereocenters. The summed E-state index contributed by atoms with van der Waals surface area (Å²) in [7, 11) is -3.37. The van der Waals surface area contributed by atoms with Crippen molar-refractivity contribution >= 4 is 38.6 Å². The first-order chi connectivity index (χ1) is 15.6. The van der Waals surface area contributed by atoms with E-state index < -0.39 is 9.84 Å². The van der Waals surface area contributed by atoms with Crippen LogP contribution in [0.15, 0.2) is 41.7 Å². The third-order valence-corrected chi connectivity index (χ3v) is 6.74. The highest BCUT2D eigenvalue weighted by Gasteiger charge is 2.28. The lowest BCUT2D eigenvalue weighted by molar-refractivity contribution is -0.153. The van der Waals surface area contributed by atoms with Crippen molar-refractivity contribution in [2.45, 2.75) is 44.7 Å². The Morgan fingerprint density at radius 2 is 1.91 bits per heavy atom. The Bertz CT molecular complexity index is 1280. The van der Waals surface area contributed by atoms with Gasteiger partial charge in [-0.3, -0.25) is 9.20 Å². The van der Waals surface area contributed by atoms with Crippen molar-refractivity contribution in [3.8, 4) is 0 Å². The average Bonchev–Trinajstić information content (AvgIpc) is 3.19. The van der Waals surface area contributed by atoms with Gasteiger partial charge >= 0.3 is 5.97 Å². The van der Waals surface area contributed by atoms with Gasteiger partial charge in [-0.05, 0) is 57.9 Å². The van der Waals surface area contributed by atoms with Crippen molar-refractivity contribution in [1.29, 1.82) is 0 Å². The number of aryl methyl sites for hydroxylation is 1. The summed E-state index contributed by atoms with van der Waals surface area (Å²) >= 11 is 0. The van der Waals surface area contributed by atoms with E-state index in [-0.39, 0.29) is 23.0 Å². The molecule has 4 rings (SSSR count). The number of hydrogen-bond donors (Lipinski definition) is 1. The number of pyridine rings is 1. The lowest BCUT2D eigenvalue weighted by atomic mass is 9.97. The molecule has 1 saturated heterocycles. The van der Waals surface area contributed by atoms with Crippen molar-refractivity contribution in [1.82, 2.24) is 14.4 Å². The zero-order valence-corrected chi connectivity index (χ0v) is 20.1. The minimum Gasteiger partial charge on any atom is -0.463 e. The zero-order chi connectivity index (χ0) is 23.8. The van der Waals surface area contributed by atoms with Gasteiger partial charge in [-0.2, -0.15) is 0 Å². The number of aromatic nitrogens is 3. The molecule has 0 amide bonds. The number of esters is 1. The third kappa shape index (κ3) is 4.95. The van der Waals surface area contributed by atoms with Crippen LogP contribution < -0.4 is 10.2 Å². The van der Waals surface area contributed by atoms with Gasteiger partial charge in [0.05, 0.1) is 28.9 Å². The number of rotatable bonds is 6. The Morgan fingerprint density at radius 1 is 1.18 bits per heavy atom. The second-order valence-corrected chi connectivity index (χ2v) is 10.6. The monoisotopic (exact) mass is 471 g/mol. The lowest BCUT2D eigenvalue weighted by Crippen LogP contribution is -2.38. The molecule has 9 nitrogen and oxygen atoms in total. The van der Waals surface area contributed by atoms with Crippen molar-refractivity contribution < 1.29 is 17.9 Å². The SMILES string of the molecule is Cc1nc(S(C)(=O)=O)ccc1Nc1nccn2c(N3CCC(C(=O)OC(C)C)CC3)ccc12. The molecule has 3 aromatic rings. The molecule has 0 spiro atoms. The van der Waals surface area contributed by atoms with Crippen LogP contribution in [0.4, 0.5) is 17.3 Å². The molecule has 3 aromatic heterocycles. The predicted octanol–water partition coefficient (Wildman–Crippen LogP) is 3.35. The van der Waals surface area contributed by atoms with Gasteiger partial charge in [0.15, 0.2) is 20.7 Å². The molecular formula is C23H29N5O4S. The van der Waals surface area contributed by atoms with Crippen LogP contribution in [0.3, 0.4) is 0 Å². The number of carbonyl (C=O) groups is 1. The van der Waals surface area contributed by atoms with Crippen LogP contribution in [0.5, 0.6) is 0 Å². The van der Waals surface area contributed by atoms with E-state index in [0.717, 1.165) is 43.5 Å². The number of fused-ring (bicyclic) bond motifs is 1. The molecule has 1 N–H and O–H groups in total. The van der Waals surface area contributed by atoms with Gasteiger partial charge in [-0.15, -0.1) is 0 Å². The highest BCUT2D eigenvalue weighted by Crippen LogP contribution is 2.30. The number of piperidine rings is 1. The van der Waals surface area contributed by atoms with Crippen molar-refractivity contribution in [3.05, 3.63) is 42.4 Å². The molecule has 1 aliphatic heterocycles. The molecule has 176 valence electrons. The summed E-state index contributed by atoms with van der Waals surface area (Å²) in [5, 5.41) is 3.33. The van der Waals surface area contributed by atoms with Gasteiger partial charge in [-0.1, -0.05) is 0 Å². The van der Waals surface area contributed by atoms with Gasteiger partial charge in [0.1, 0.15) is 5.82 Å². The van der Waals surface area contributed by atoms with Gasteiger partial charge < -0.3 is 15.0 Å². The van der Waals surface area contributed by atoms with Crippen molar-refractivity contribution in [2.75, 3.05) is 29.6 Å². The van der Waals surface area contributed by atoms with Crippen molar-refractivity contribution in [2.24, 2.45) is 5.92 Å². The Kier molecular flexibility index (Phi) is 6.29. The Balaban J connectivity index is 1.53. The Morgan fingerprint density at radius 3 is 2.55 bits per heavy atom. The summed E-state index contributed by atoms with van der Waals surface area (Å²) in [5.41, 5.74) is 2.15. The maximum absolute atomic E-state index is 12.2. The average molecular weight is 472 g/mol. The molecule has 0 unspecified atom stereocenters. The number of anilines is 3. The Labute approximate surface area is 193 Å². The molecule has 1 aliphatic rings. The van der Waals surface area contributed by atoms with E-state index in [0.29, 0.717) is 17.2 Å². The number of sulfone groups is 1. The molecule has 10 heteroatoms. The van der Waals surface area contributed by atoms with E-state index in [9.17, 15) is 13.2 Å². The normalized spacial score (nSPS) is 15.2. The molecule has 4 heterocycles. The number of carbonyl (C=O) groups excluding carboxylic acids is 1. The third-order valence-electron chi connectivity index (χ3n) is 5.76. The summed E-state index contributed by atoms with van der Waals surface area (Å²) < 4.78 is 31.0. The summed E-state index contributed by atoms with van der Waals surface area (Å²) in [4.78, 5) is 23.2. The first kappa shape index (κ1) is 23.0.